The molecule has 0 radical (unpaired) electrons. The standard InChI is InChI=1S/C14H14N2O3S/c17-13-7-20(18,19)6-11(13)14-10-4-2-1-3-9(10)12-5-15-8-16(12)14/h1-5,8,11,13-14,17H,6-7H2/t11-,13-,14+/m1/s1. The van der Waals surface area contributed by atoms with Gasteiger partial charge in [-0.2, -0.15) is 0 Å². The molecular weight excluding hydrogens is 276 g/mol. The van der Waals surface area contributed by atoms with E-state index in [1.54, 1.807) is 12.5 Å². The Labute approximate surface area is 116 Å². The van der Waals surface area contributed by atoms with Crippen molar-refractivity contribution in [1.82, 2.24) is 9.55 Å². The molecule has 2 aromatic rings. The molecule has 5 nitrogen and oxygen atoms in total. The Balaban J connectivity index is 1.87. The van der Waals surface area contributed by atoms with Gasteiger partial charge >= 0.3 is 0 Å². The summed E-state index contributed by atoms with van der Waals surface area (Å²) in [4.78, 5) is 4.16. The number of nitrogens with zero attached hydrogens (tertiary/aromatic N) is 2. The molecule has 3 atom stereocenters. The van der Waals surface area contributed by atoms with Crippen LogP contribution in [-0.4, -0.2) is 40.7 Å². The van der Waals surface area contributed by atoms with Crippen LogP contribution in [0.15, 0.2) is 36.8 Å². The van der Waals surface area contributed by atoms with Gasteiger partial charge in [0.15, 0.2) is 9.84 Å². The van der Waals surface area contributed by atoms with Gasteiger partial charge in [0.2, 0.25) is 0 Å². The zero-order valence-corrected chi connectivity index (χ0v) is 11.5. The van der Waals surface area contributed by atoms with Crippen LogP contribution in [0.5, 0.6) is 0 Å². The highest BCUT2D eigenvalue weighted by atomic mass is 32.2. The van der Waals surface area contributed by atoms with Gasteiger partial charge in [-0.05, 0) is 5.56 Å². The van der Waals surface area contributed by atoms with Crippen molar-refractivity contribution >= 4 is 9.84 Å². The molecule has 1 aromatic carbocycles. The maximum atomic E-state index is 11.8. The minimum atomic E-state index is -3.15. The number of hydrogen-bond acceptors (Lipinski definition) is 4. The number of aliphatic hydroxyl groups excluding tert-OH is 1. The largest absolute Gasteiger partial charge is 0.392 e. The molecule has 20 heavy (non-hydrogen) atoms. The maximum absolute atomic E-state index is 11.8. The van der Waals surface area contributed by atoms with Crippen molar-refractivity contribution in [3.8, 4) is 11.3 Å². The van der Waals surface area contributed by atoms with Gasteiger partial charge in [0.25, 0.3) is 0 Å². The molecule has 0 bridgehead atoms. The van der Waals surface area contributed by atoms with E-state index < -0.39 is 15.9 Å². The number of aromatic nitrogens is 2. The van der Waals surface area contributed by atoms with Crippen LogP contribution >= 0.6 is 0 Å². The summed E-state index contributed by atoms with van der Waals surface area (Å²) < 4.78 is 25.6. The van der Waals surface area contributed by atoms with E-state index in [2.05, 4.69) is 4.98 Å². The molecule has 6 heteroatoms. The Morgan fingerprint density at radius 1 is 1.25 bits per heavy atom. The lowest BCUT2D eigenvalue weighted by Crippen LogP contribution is -2.27. The molecular formula is C14H14N2O3S. The first kappa shape index (κ1) is 12.1. The molecule has 1 N–H and O–H groups in total. The van der Waals surface area contributed by atoms with Gasteiger partial charge in [-0.1, -0.05) is 24.3 Å². The van der Waals surface area contributed by atoms with E-state index in [0.29, 0.717) is 0 Å². The van der Waals surface area contributed by atoms with Crippen LogP contribution in [0.25, 0.3) is 11.3 Å². The summed E-state index contributed by atoms with van der Waals surface area (Å²) in [6, 6.07) is 7.78. The smallest absolute Gasteiger partial charge is 0.153 e. The van der Waals surface area contributed by atoms with Crippen molar-refractivity contribution in [2.24, 2.45) is 5.92 Å². The quantitative estimate of drug-likeness (QED) is 0.845. The van der Waals surface area contributed by atoms with Crippen molar-refractivity contribution in [3.05, 3.63) is 42.4 Å². The molecule has 3 heterocycles. The van der Waals surface area contributed by atoms with E-state index in [1.807, 2.05) is 28.8 Å². The molecule has 0 saturated carbocycles. The SMILES string of the molecule is O=S1(=O)C[C@@H]([C@@H]2c3ccccc3-c3cncn32)[C@H](O)C1. The second-order valence-corrected chi connectivity index (χ2v) is 7.68. The highest BCUT2D eigenvalue weighted by Gasteiger charge is 2.45. The molecule has 4 rings (SSSR count). The summed E-state index contributed by atoms with van der Waals surface area (Å²) in [5.74, 6) is -0.415. The van der Waals surface area contributed by atoms with Crippen LogP contribution in [0.4, 0.5) is 0 Å². The van der Waals surface area contributed by atoms with Crippen molar-refractivity contribution in [2.45, 2.75) is 12.1 Å². The van der Waals surface area contributed by atoms with E-state index >= 15 is 0 Å². The fourth-order valence-electron chi connectivity index (χ4n) is 3.47. The summed E-state index contributed by atoms with van der Waals surface area (Å²) in [7, 11) is -3.15. The van der Waals surface area contributed by atoms with Crippen molar-refractivity contribution < 1.29 is 13.5 Å². The minimum absolute atomic E-state index is 0.0325. The molecule has 1 saturated heterocycles. The van der Waals surface area contributed by atoms with Crippen LogP contribution in [0.1, 0.15) is 11.6 Å². The number of aliphatic hydroxyl groups is 1. The maximum Gasteiger partial charge on any atom is 0.153 e. The Hall–Kier alpha value is -1.66. The van der Waals surface area contributed by atoms with Gasteiger partial charge in [-0.15, -0.1) is 0 Å². The van der Waals surface area contributed by atoms with Gasteiger partial charge in [-0.3, -0.25) is 0 Å². The second-order valence-electron chi connectivity index (χ2n) is 5.53. The van der Waals surface area contributed by atoms with Gasteiger partial charge in [-0.25, -0.2) is 13.4 Å². The Morgan fingerprint density at radius 2 is 2.05 bits per heavy atom. The van der Waals surface area contributed by atoms with E-state index in [0.717, 1.165) is 16.8 Å². The summed E-state index contributed by atoms with van der Waals surface area (Å²) >= 11 is 0. The van der Waals surface area contributed by atoms with Gasteiger partial charge < -0.3 is 9.67 Å². The topological polar surface area (TPSA) is 72.2 Å². The molecule has 0 unspecified atom stereocenters. The molecule has 0 spiro atoms. The number of sulfone groups is 1. The first-order chi connectivity index (χ1) is 9.57. The number of hydrogen-bond donors (Lipinski definition) is 1. The highest BCUT2D eigenvalue weighted by molar-refractivity contribution is 7.91. The van der Waals surface area contributed by atoms with Crippen LogP contribution < -0.4 is 0 Å². The average Bonchev–Trinajstić information content (AvgIpc) is 3.02. The van der Waals surface area contributed by atoms with Crippen LogP contribution in [0, 0.1) is 5.92 Å². The van der Waals surface area contributed by atoms with Gasteiger partial charge in [0, 0.05) is 11.5 Å². The molecule has 104 valence electrons. The summed E-state index contributed by atoms with van der Waals surface area (Å²) in [5.41, 5.74) is 3.14. The summed E-state index contributed by atoms with van der Waals surface area (Å²) in [6.45, 7) is 0. The lowest BCUT2D eigenvalue weighted by Gasteiger charge is -2.23. The first-order valence-corrected chi connectivity index (χ1v) is 8.38. The lowest BCUT2D eigenvalue weighted by atomic mass is 9.90. The molecule has 0 amide bonds. The molecule has 1 fully saturated rings. The highest BCUT2D eigenvalue weighted by Crippen LogP contribution is 2.45. The summed E-state index contributed by atoms with van der Waals surface area (Å²) in [5, 5.41) is 10.2. The third-order valence-corrected chi connectivity index (χ3v) is 6.03. The molecule has 2 aliphatic heterocycles. The third-order valence-electron chi connectivity index (χ3n) is 4.29. The predicted molar refractivity (Wildman–Crippen MR) is 74.0 cm³/mol. The van der Waals surface area contributed by atoms with Crippen LogP contribution in [-0.2, 0) is 9.84 Å². The number of fused-ring (bicyclic) bond motifs is 3. The zero-order chi connectivity index (χ0) is 13.9. The summed E-state index contributed by atoms with van der Waals surface area (Å²) in [6.07, 6.45) is 2.69. The van der Waals surface area contributed by atoms with Gasteiger partial charge in [0.05, 0.1) is 41.9 Å². The van der Waals surface area contributed by atoms with E-state index in [4.69, 9.17) is 0 Å². The monoisotopic (exact) mass is 290 g/mol. The molecule has 1 aromatic heterocycles. The predicted octanol–water partition coefficient (Wildman–Crippen LogP) is 0.858. The van der Waals surface area contributed by atoms with Crippen LogP contribution in [0.2, 0.25) is 0 Å². The fraction of sp³-hybridized carbons (Fsp3) is 0.357. The lowest BCUT2D eigenvalue weighted by molar-refractivity contribution is 0.128. The number of benzene rings is 1. The van der Waals surface area contributed by atoms with Crippen molar-refractivity contribution in [1.29, 1.82) is 0 Å². The van der Waals surface area contributed by atoms with Crippen LogP contribution in [0.3, 0.4) is 0 Å². The third kappa shape index (κ3) is 1.58. The van der Waals surface area contributed by atoms with E-state index in [1.165, 1.54) is 0 Å². The van der Waals surface area contributed by atoms with E-state index in [9.17, 15) is 13.5 Å². The van der Waals surface area contributed by atoms with Crippen molar-refractivity contribution in [3.63, 3.8) is 0 Å². The normalized spacial score (nSPS) is 30.1. The number of rotatable bonds is 1. The number of imidazole rings is 1. The zero-order valence-electron chi connectivity index (χ0n) is 10.7. The second kappa shape index (κ2) is 3.93. The average molecular weight is 290 g/mol. The van der Waals surface area contributed by atoms with Gasteiger partial charge in [0.1, 0.15) is 0 Å². The first-order valence-electron chi connectivity index (χ1n) is 6.56. The Bertz CT molecular complexity index is 781. The van der Waals surface area contributed by atoms with E-state index in [-0.39, 0.29) is 23.5 Å². The Kier molecular flexibility index (Phi) is 2.38. The minimum Gasteiger partial charge on any atom is -0.392 e. The molecule has 0 aliphatic carbocycles. The Morgan fingerprint density at radius 3 is 2.80 bits per heavy atom. The fourth-order valence-corrected chi connectivity index (χ4v) is 5.36. The van der Waals surface area contributed by atoms with Crippen molar-refractivity contribution in [2.75, 3.05) is 11.5 Å². The molecule has 2 aliphatic rings.